The van der Waals surface area contributed by atoms with Crippen LogP contribution in [0.25, 0.3) is 11.2 Å². The highest BCUT2D eigenvalue weighted by atomic mass is 31.3. The van der Waals surface area contributed by atoms with E-state index < -0.39 is 77.9 Å². The van der Waals surface area contributed by atoms with Crippen LogP contribution in [0, 0.1) is 0 Å². The molecule has 2 aromatic rings. The summed E-state index contributed by atoms with van der Waals surface area (Å²) in [6.07, 6.45) is -9.07. The molecule has 10 atom stereocenters. The van der Waals surface area contributed by atoms with E-state index >= 15 is 0 Å². The Morgan fingerprint density at radius 3 is 2.08 bits per heavy atom. The number of hydrogen-bond donors (Lipinski definition) is 8. The molecule has 0 radical (unpaired) electrons. The number of phosphoric acid groups is 2. The molecule has 0 aliphatic carbocycles. The van der Waals surface area contributed by atoms with Gasteiger partial charge in [-0.3, -0.25) is 13.6 Å². The molecule has 19 nitrogen and oxygen atoms in total. The van der Waals surface area contributed by atoms with Gasteiger partial charge in [-0.25, -0.2) is 24.1 Å². The van der Waals surface area contributed by atoms with Crippen LogP contribution in [-0.2, 0) is 32.0 Å². The first-order valence-corrected chi connectivity index (χ1v) is 13.2. The zero-order valence-electron chi connectivity index (χ0n) is 18.1. The fourth-order valence-electron chi connectivity index (χ4n) is 3.58. The average molecular weight is 558 g/mol. The summed E-state index contributed by atoms with van der Waals surface area (Å²) in [5.41, 5.74) is 11.5. The van der Waals surface area contributed by atoms with Crippen molar-refractivity contribution in [1.82, 2.24) is 19.5 Å². The smallest absolute Gasteiger partial charge is 0.387 e. The first-order chi connectivity index (χ1) is 16.8. The second kappa shape index (κ2) is 10.2. The Morgan fingerprint density at radius 2 is 1.50 bits per heavy atom. The van der Waals surface area contributed by atoms with Gasteiger partial charge in [0.25, 0.3) is 0 Å². The number of ether oxygens (including phenoxy) is 2. The molecule has 0 bridgehead atoms. The molecule has 10 N–H and O–H groups in total. The maximum absolute atomic E-state index is 12.2. The quantitative estimate of drug-likeness (QED) is 0.140. The maximum atomic E-state index is 12.2. The van der Waals surface area contributed by atoms with Crippen molar-refractivity contribution in [3.63, 3.8) is 0 Å². The minimum Gasteiger partial charge on any atom is -0.387 e. The molecule has 2 aliphatic rings. The number of aliphatic hydroxyl groups excluding tert-OH is 4. The lowest BCUT2D eigenvalue weighted by Gasteiger charge is -2.20. The minimum atomic E-state index is -5.28. The number of aliphatic hydroxyl groups is 4. The van der Waals surface area contributed by atoms with Crippen LogP contribution in [0.2, 0.25) is 0 Å². The third-order valence-corrected chi connectivity index (χ3v) is 8.01. The van der Waals surface area contributed by atoms with E-state index in [1.54, 1.807) is 0 Å². The number of nitrogen functional groups attached to an aromatic ring is 1. The fourth-order valence-corrected chi connectivity index (χ4v) is 5.67. The molecule has 4 rings (SSSR count). The van der Waals surface area contributed by atoms with Crippen molar-refractivity contribution in [3.8, 4) is 0 Å². The summed E-state index contributed by atoms with van der Waals surface area (Å²) in [4.78, 5) is 31.3. The average Bonchev–Trinajstić information content (AvgIpc) is 3.42. The number of hydrogen-bond acceptors (Lipinski definition) is 16. The molecule has 21 heteroatoms. The van der Waals surface area contributed by atoms with E-state index in [1.807, 2.05) is 0 Å². The minimum absolute atomic E-state index is 0.0636. The van der Waals surface area contributed by atoms with Gasteiger partial charge in [0.1, 0.15) is 54.7 Å². The van der Waals surface area contributed by atoms with E-state index in [9.17, 15) is 39.3 Å². The van der Waals surface area contributed by atoms with Gasteiger partial charge in [0, 0.05) is 0 Å². The fraction of sp³-hybridized carbons (Fsp3) is 0.667. The molecular formula is C15H24N6O13P2. The molecule has 2 aliphatic heterocycles. The zero-order valence-corrected chi connectivity index (χ0v) is 19.9. The number of phosphoric ester groups is 2. The van der Waals surface area contributed by atoms with Gasteiger partial charge in [0.05, 0.1) is 19.5 Å². The van der Waals surface area contributed by atoms with Gasteiger partial charge in [-0.1, -0.05) is 0 Å². The second-order valence-corrected chi connectivity index (χ2v) is 10.9. The summed E-state index contributed by atoms with van der Waals surface area (Å²) in [7, 11) is -10.5. The number of nitrogens with two attached hydrogens (primary N) is 2. The summed E-state index contributed by atoms with van der Waals surface area (Å²) in [5, 5.41) is 39.9. The van der Waals surface area contributed by atoms with Gasteiger partial charge < -0.3 is 51.2 Å². The van der Waals surface area contributed by atoms with Crippen LogP contribution in [0.1, 0.15) is 6.23 Å². The summed E-state index contributed by atoms with van der Waals surface area (Å²) in [6.45, 7) is -1.69. The van der Waals surface area contributed by atoms with Gasteiger partial charge in [-0.05, 0) is 0 Å². The van der Waals surface area contributed by atoms with Crippen LogP contribution in [0.4, 0.5) is 5.82 Å². The molecule has 0 aromatic carbocycles. The largest absolute Gasteiger partial charge is 0.481 e. The monoisotopic (exact) mass is 558 g/mol. The van der Waals surface area contributed by atoms with Gasteiger partial charge >= 0.3 is 15.6 Å². The van der Waals surface area contributed by atoms with Crippen LogP contribution in [0.5, 0.6) is 0 Å². The lowest BCUT2D eigenvalue weighted by Crippen LogP contribution is -2.37. The molecule has 2 aromatic heterocycles. The number of nitrogens with zero attached hydrogens (tertiary/aromatic N) is 4. The van der Waals surface area contributed by atoms with Gasteiger partial charge in [-0.15, -0.1) is 0 Å². The summed E-state index contributed by atoms with van der Waals surface area (Å²) in [5.74, 6) is 0.0636. The normalized spacial score (nSPS) is 36.2. The van der Waals surface area contributed by atoms with Crippen molar-refractivity contribution in [1.29, 1.82) is 0 Å². The Hall–Kier alpha value is -1.67. The lowest BCUT2D eigenvalue weighted by molar-refractivity contribution is -0.0507. The van der Waals surface area contributed by atoms with E-state index in [-0.39, 0.29) is 17.0 Å². The highest BCUT2D eigenvalue weighted by Gasteiger charge is 2.47. The maximum Gasteiger partial charge on any atom is 0.481 e. The van der Waals surface area contributed by atoms with Crippen LogP contribution in [-0.4, -0.2) is 106 Å². The lowest BCUT2D eigenvalue weighted by atomic mass is 10.1. The molecule has 202 valence electrons. The van der Waals surface area contributed by atoms with E-state index in [0.717, 1.165) is 6.33 Å². The Balaban J connectivity index is 1.34. The molecule has 2 saturated heterocycles. The third-order valence-electron chi connectivity index (χ3n) is 5.41. The van der Waals surface area contributed by atoms with Crippen molar-refractivity contribution in [3.05, 3.63) is 12.7 Å². The number of anilines is 1. The van der Waals surface area contributed by atoms with Crippen molar-refractivity contribution in [2.45, 2.75) is 49.1 Å². The molecule has 0 amide bonds. The van der Waals surface area contributed by atoms with E-state index in [2.05, 4.69) is 28.3 Å². The third kappa shape index (κ3) is 5.59. The summed E-state index contributed by atoms with van der Waals surface area (Å²) in [6, 6.07) is 0. The molecular weight excluding hydrogens is 534 g/mol. The molecule has 36 heavy (non-hydrogen) atoms. The van der Waals surface area contributed by atoms with Gasteiger partial charge in [0.15, 0.2) is 17.7 Å². The Kier molecular flexibility index (Phi) is 7.78. The zero-order chi connectivity index (χ0) is 26.4. The molecule has 2 fully saturated rings. The van der Waals surface area contributed by atoms with Crippen LogP contribution >= 0.6 is 15.6 Å². The first kappa shape index (κ1) is 27.4. The number of fused-ring (bicyclic) bond motifs is 1. The van der Waals surface area contributed by atoms with Crippen molar-refractivity contribution < 1.29 is 62.2 Å². The Labute approximate surface area is 201 Å². The highest BCUT2D eigenvalue weighted by Crippen LogP contribution is 2.60. The van der Waals surface area contributed by atoms with Crippen LogP contribution < -0.4 is 11.5 Å². The molecule has 0 spiro atoms. The standard InChI is InChI=1S/C15H24N6O13P2/c16-12-7-14(19-3-18-12)21(4-20-7)15-11(25)9(23)6(33-15)2-31-36(28,29)34-35(26,27)30-1-5-8(22)10(24)13(17)32-5/h3-6,8-11,13,15,22-25H,1-2,17H2,(H,26,27)(H,28,29)(H2,16,18,19)/t5-,6-,8-,9-,10-,11-,13-,15-/m1/s1. The topological polar surface area (TPSA) is 297 Å². The van der Waals surface area contributed by atoms with Crippen LogP contribution in [0.3, 0.4) is 0 Å². The van der Waals surface area contributed by atoms with Crippen molar-refractivity contribution >= 4 is 32.6 Å². The predicted octanol–water partition coefficient (Wildman–Crippen LogP) is -3.32. The SMILES string of the molecule is Nc1ncnc2c1ncn2[C@@H]1O[C@H](COP(=O)(O)OP(=O)(O)OC[C@H]2O[C@@H](N)[C@H](O)[C@@H]2O)[C@@H](O)[C@H]1O. The summed E-state index contributed by atoms with van der Waals surface area (Å²) < 4.78 is 49.2. The number of aromatic nitrogens is 4. The highest BCUT2D eigenvalue weighted by molar-refractivity contribution is 7.61. The molecule has 4 heterocycles. The van der Waals surface area contributed by atoms with E-state index in [1.165, 1.54) is 10.9 Å². The first-order valence-electron chi connectivity index (χ1n) is 10.2. The number of imidazole rings is 1. The molecule has 2 unspecified atom stereocenters. The summed E-state index contributed by atoms with van der Waals surface area (Å²) >= 11 is 0. The Morgan fingerprint density at radius 1 is 0.917 bits per heavy atom. The van der Waals surface area contributed by atoms with E-state index in [4.69, 9.17) is 20.9 Å². The van der Waals surface area contributed by atoms with Crippen molar-refractivity contribution in [2.24, 2.45) is 5.73 Å². The molecule has 0 saturated carbocycles. The van der Waals surface area contributed by atoms with Crippen LogP contribution in [0.15, 0.2) is 12.7 Å². The Bertz CT molecular complexity index is 1190. The number of rotatable bonds is 9. The second-order valence-electron chi connectivity index (χ2n) is 7.86. The van der Waals surface area contributed by atoms with Gasteiger partial charge in [0.2, 0.25) is 0 Å². The predicted molar refractivity (Wildman–Crippen MR) is 113 cm³/mol. The van der Waals surface area contributed by atoms with Crippen molar-refractivity contribution in [2.75, 3.05) is 18.9 Å². The van der Waals surface area contributed by atoms with Gasteiger partial charge in [-0.2, -0.15) is 4.31 Å². The van der Waals surface area contributed by atoms with E-state index in [0.29, 0.717) is 0 Å².